The Bertz CT molecular complexity index is 206. The van der Waals surface area contributed by atoms with Crippen molar-refractivity contribution in [1.29, 1.82) is 0 Å². The van der Waals surface area contributed by atoms with E-state index in [0.29, 0.717) is 0 Å². The largest absolute Gasteiger partial charge is 0.501 e. The van der Waals surface area contributed by atoms with Gasteiger partial charge in [-0.15, -0.1) is 0 Å². The minimum Gasteiger partial charge on any atom is -0.501 e. The highest BCUT2D eigenvalue weighted by Gasteiger charge is 2.20. The molecule has 2 heteroatoms. The fourth-order valence-electron chi connectivity index (χ4n) is 2.61. The molecule has 0 spiro atoms. The van der Waals surface area contributed by atoms with Gasteiger partial charge in [-0.2, -0.15) is 0 Å². The van der Waals surface area contributed by atoms with E-state index in [2.05, 4.69) is 0 Å². The molecule has 1 saturated carbocycles. The van der Waals surface area contributed by atoms with Crippen LogP contribution >= 0.6 is 0 Å². The van der Waals surface area contributed by atoms with E-state index in [-0.39, 0.29) is 6.04 Å². The molecular formula is C12H21NO. The molecule has 0 radical (unpaired) electrons. The summed E-state index contributed by atoms with van der Waals surface area (Å²) in [6.07, 6.45) is 11.1. The lowest BCUT2D eigenvalue weighted by molar-refractivity contribution is 0.281. The van der Waals surface area contributed by atoms with E-state index in [1.807, 2.05) is 6.26 Å². The molecule has 0 saturated heterocycles. The number of rotatable bonds is 3. The molecule has 1 aliphatic heterocycles. The first-order valence-corrected chi connectivity index (χ1v) is 5.92. The summed E-state index contributed by atoms with van der Waals surface area (Å²) in [6.45, 7) is 0.841. The van der Waals surface area contributed by atoms with E-state index in [9.17, 15) is 0 Å². The second kappa shape index (κ2) is 4.83. The van der Waals surface area contributed by atoms with Crippen LogP contribution in [-0.4, -0.2) is 12.6 Å². The predicted molar refractivity (Wildman–Crippen MR) is 57.8 cm³/mol. The van der Waals surface area contributed by atoms with Crippen molar-refractivity contribution in [2.75, 3.05) is 6.61 Å². The van der Waals surface area contributed by atoms with Crippen LogP contribution in [0.2, 0.25) is 0 Å². The topological polar surface area (TPSA) is 35.2 Å². The molecule has 2 N–H and O–H groups in total. The zero-order valence-electron chi connectivity index (χ0n) is 8.87. The summed E-state index contributed by atoms with van der Waals surface area (Å²) in [7, 11) is 0. The SMILES string of the molecule is NC(CC1CCCCC1)C1=COCC1. The molecule has 1 atom stereocenters. The lowest BCUT2D eigenvalue weighted by Crippen LogP contribution is -2.26. The Morgan fingerprint density at radius 1 is 1.36 bits per heavy atom. The van der Waals surface area contributed by atoms with Crippen LogP contribution in [0.5, 0.6) is 0 Å². The summed E-state index contributed by atoms with van der Waals surface area (Å²) in [5.41, 5.74) is 7.49. The van der Waals surface area contributed by atoms with Crippen molar-refractivity contribution < 1.29 is 4.74 Å². The van der Waals surface area contributed by atoms with Crippen molar-refractivity contribution in [2.45, 2.75) is 51.0 Å². The van der Waals surface area contributed by atoms with Crippen LogP contribution in [-0.2, 0) is 4.74 Å². The van der Waals surface area contributed by atoms with Gasteiger partial charge in [-0.1, -0.05) is 32.1 Å². The Labute approximate surface area is 86.5 Å². The van der Waals surface area contributed by atoms with Crippen molar-refractivity contribution >= 4 is 0 Å². The summed E-state index contributed by atoms with van der Waals surface area (Å²) >= 11 is 0. The van der Waals surface area contributed by atoms with Crippen LogP contribution in [0, 0.1) is 5.92 Å². The molecule has 1 fully saturated rings. The smallest absolute Gasteiger partial charge is 0.0912 e. The van der Waals surface area contributed by atoms with E-state index in [0.717, 1.165) is 18.9 Å². The van der Waals surface area contributed by atoms with Gasteiger partial charge in [0.05, 0.1) is 12.9 Å². The first-order valence-electron chi connectivity index (χ1n) is 5.92. The van der Waals surface area contributed by atoms with Gasteiger partial charge in [0.2, 0.25) is 0 Å². The molecule has 0 aromatic rings. The van der Waals surface area contributed by atoms with Crippen molar-refractivity contribution in [3.63, 3.8) is 0 Å². The van der Waals surface area contributed by atoms with Crippen LogP contribution in [0.4, 0.5) is 0 Å². The molecule has 1 aliphatic carbocycles. The van der Waals surface area contributed by atoms with Gasteiger partial charge in [-0.05, 0) is 17.9 Å². The van der Waals surface area contributed by atoms with Crippen LogP contribution in [0.15, 0.2) is 11.8 Å². The number of hydrogen-bond acceptors (Lipinski definition) is 2. The molecule has 1 heterocycles. The molecule has 0 bridgehead atoms. The number of hydrogen-bond donors (Lipinski definition) is 1. The van der Waals surface area contributed by atoms with Gasteiger partial charge in [0.1, 0.15) is 0 Å². The molecule has 80 valence electrons. The molecule has 1 unspecified atom stereocenters. The highest BCUT2D eigenvalue weighted by Crippen LogP contribution is 2.29. The van der Waals surface area contributed by atoms with E-state index >= 15 is 0 Å². The first-order chi connectivity index (χ1) is 6.86. The van der Waals surface area contributed by atoms with E-state index in [1.54, 1.807) is 0 Å². The lowest BCUT2D eigenvalue weighted by Gasteiger charge is -2.24. The second-order valence-electron chi connectivity index (χ2n) is 4.66. The highest BCUT2D eigenvalue weighted by molar-refractivity contribution is 5.10. The molecule has 0 aromatic heterocycles. The zero-order chi connectivity index (χ0) is 9.80. The van der Waals surface area contributed by atoms with Gasteiger partial charge < -0.3 is 10.5 Å². The second-order valence-corrected chi connectivity index (χ2v) is 4.66. The third kappa shape index (κ3) is 2.50. The van der Waals surface area contributed by atoms with Gasteiger partial charge >= 0.3 is 0 Å². The summed E-state index contributed by atoms with van der Waals surface area (Å²) in [5.74, 6) is 0.875. The standard InChI is InChI=1S/C12H21NO/c13-12(11-6-7-14-9-11)8-10-4-2-1-3-5-10/h9-10,12H,1-8,13H2. The Kier molecular flexibility index (Phi) is 3.46. The Balaban J connectivity index is 1.77. The van der Waals surface area contributed by atoms with Crippen molar-refractivity contribution in [3.8, 4) is 0 Å². The Hall–Kier alpha value is -0.500. The third-order valence-electron chi connectivity index (χ3n) is 3.53. The zero-order valence-corrected chi connectivity index (χ0v) is 8.87. The monoisotopic (exact) mass is 195 g/mol. The average molecular weight is 195 g/mol. The summed E-state index contributed by atoms with van der Waals surface area (Å²) in [4.78, 5) is 0. The highest BCUT2D eigenvalue weighted by atomic mass is 16.5. The summed E-state index contributed by atoms with van der Waals surface area (Å²) in [6, 6.07) is 0.264. The van der Waals surface area contributed by atoms with Gasteiger partial charge in [0.15, 0.2) is 0 Å². The molecule has 14 heavy (non-hydrogen) atoms. The number of ether oxygens (including phenoxy) is 1. The minimum absolute atomic E-state index is 0.264. The maximum Gasteiger partial charge on any atom is 0.0912 e. The molecule has 2 rings (SSSR count). The van der Waals surface area contributed by atoms with Gasteiger partial charge in [-0.25, -0.2) is 0 Å². The molecule has 0 aromatic carbocycles. The van der Waals surface area contributed by atoms with Gasteiger partial charge in [0, 0.05) is 12.5 Å². The van der Waals surface area contributed by atoms with E-state index < -0.39 is 0 Å². The minimum atomic E-state index is 0.264. The molecule has 2 aliphatic rings. The Morgan fingerprint density at radius 2 is 2.14 bits per heavy atom. The third-order valence-corrected chi connectivity index (χ3v) is 3.53. The summed E-state index contributed by atoms with van der Waals surface area (Å²) in [5, 5.41) is 0. The molecular weight excluding hydrogens is 174 g/mol. The van der Waals surface area contributed by atoms with Crippen molar-refractivity contribution in [2.24, 2.45) is 11.7 Å². The van der Waals surface area contributed by atoms with Crippen LogP contribution in [0.1, 0.15) is 44.9 Å². The fourth-order valence-corrected chi connectivity index (χ4v) is 2.61. The van der Waals surface area contributed by atoms with Crippen LogP contribution < -0.4 is 5.73 Å². The fraction of sp³-hybridized carbons (Fsp3) is 0.833. The normalized spacial score (nSPS) is 25.6. The van der Waals surface area contributed by atoms with Crippen molar-refractivity contribution in [3.05, 3.63) is 11.8 Å². The van der Waals surface area contributed by atoms with Crippen LogP contribution in [0.25, 0.3) is 0 Å². The molecule has 0 amide bonds. The van der Waals surface area contributed by atoms with Crippen LogP contribution in [0.3, 0.4) is 0 Å². The Morgan fingerprint density at radius 3 is 2.79 bits per heavy atom. The molecule has 2 nitrogen and oxygen atoms in total. The van der Waals surface area contributed by atoms with E-state index in [4.69, 9.17) is 10.5 Å². The van der Waals surface area contributed by atoms with Gasteiger partial charge in [0.25, 0.3) is 0 Å². The average Bonchev–Trinajstić information content (AvgIpc) is 2.72. The van der Waals surface area contributed by atoms with Gasteiger partial charge in [-0.3, -0.25) is 0 Å². The summed E-state index contributed by atoms with van der Waals surface area (Å²) < 4.78 is 5.23. The number of nitrogens with two attached hydrogens (primary N) is 1. The quantitative estimate of drug-likeness (QED) is 0.751. The van der Waals surface area contributed by atoms with Crippen molar-refractivity contribution in [1.82, 2.24) is 0 Å². The maximum absolute atomic E-state index is 6.16. The predicted octanol–water partition coefficient (Wildman–Crippen LogP) is 2.59. The van der Waals surface area contributed by atoms with E-state index in [1.165, 1.54) is 44.1 Å². The maximum atomic E-state index is 6.16. The lowest BCUT2D eigenvalue weighted by atomic mass is 9.83. The first kappa shape index (κ1) is 10.0.